The number of hydrogen-bond acceptors (Lipinski definition) is 4. The van der Waals surface area contributed by atoms with Crippen molar-refractivity contribution in [3.8, 4) is 0 Å². The van der Waals surface area contributed by atoms with Crippen LogP contribution in [-0.2, 0) is 5.67 Å². The lowest BCUT2D eigenvalue weighted by Gasteiger charge is -2.30. The quantitative estimate of drug-likeness (QED) is 0.272. The molecule has 1 amide bonds. The van der Waals surface area contributed by atoms with Crippen LogP contribution in [0.25, 0.3) is 5.57 Å². The van der Waals surface area contributed by atoms with Crippen molar-refractivity contribution in [2.45, 2.75) is 36.9 Å². The lowest BCUT2D eigenvalue weighted by molar-refractivity contribution is -0.348. The summed E-state index contributed by atoms with van der Waals surface area (Å²) in [6.45, 7) is 0. The van der Waals surface area contributed by atoms with E-state index < -0.39 is 39.3 Å². The zero-order valence-electron chi connectivity index (χ0n) is 17.0. The fourth-order valence-corrected chi connectivity index (χ4v) is 4.70. The molecule has 1 heterocycles. The van der Waals surface area contributed by atoms with E-state index in [9.17, 15) is 35.5 Å². The summed E-state index contributed by atoms with van der Waals surface area (Å²) < 4.78 is 92.7. The van der Waals surface area contributed by atoms with Crippen LogP contribution in [-0.4, -0.2) is 30.5 Å². The van der Waals surface area contributed by atoms with Gasteiger partial charge in [-0.05, 0) is 31.0 Å². The minimum Gasteiger partial charge on any atom is -0.404 e. The summed E-state index contributed by atoms with van der Waals surface area (Å²) in [5.41, 5.74) is -2.03. The van der Waals surface area contributed by atoms with Crippen molar-refractivity contribution < 1.29 is 35.5 Å². The van der Waals surface area contributed by atoms with Crippen LogP contribution in [0.1, 0.15) is 33.6 Å². The highest BCUT2D eigenvalue weighted by molar-refractivity contribution is 7.18. The van der Waals surface area contributed by atoms with Gasteiger partial charge in [-0.15, -0.1) is 11.3 Å². The molecule has 0 unspecified atom stereocenters. The van der Waals surface area contributed by atoms with Gasteiger partial charge in [0, 0.05) is 34.5 Å². The number of hydrogen-bond donors (Lipinski definition) is 2. The summed E-state index contributed by atoms with van der Waals surface area (Å²) >= 11 is 18.7. The number of halogens is 10. The Hall–Kier alpha value is -2.02. The maximum Gasteiger partial charge on any atom is 0.435 e. The van der Waals surface area contributed by atoms with Crippen molar-refractivity contribution in [2.75, 3.05) is 0 Å². The second-order valence-electron chi connectivity index (χ2n) is 7.37. The van der Waals surface area contributed by atoms with E-state index in [-0.39, 0.29) is 39.6 Å². The average Bonchev–Trinajstić information content (AvgIpc) is 3.46. The number of rotatable bonds is 6. The molecule has 1 fully saturated rings. The third kappa shape index (κ3) is 5.55. The zero-order valence-corrected chi connectivity index (χ0v) is 20.1. The topological polar surface area (TPSA) is 67.5 Å². The molecule has 35 heavy (non-hydrogen) atoms. The van der Waals surface area contributed by atoms with E-state index in [1.165, 1.54) is 6.07 Å². The van der Waals surface area contributed by atoms with Crippen LogP contribution >= 0.6 is 46.1 Å². The largest absolute Gasteiger partial charge is 0.435 e. The predicted molar refractivity (Wildman–Crippen MR) is 121 cm³/mol. The first-order valence-electron chi connectivity index (χ1n) is 9.48. The standard InChI is InChI=1S/C20H13Cl3F7N3OS/c21-12-3-9(18(24,19(25,26)27)20(28,29)30)4-13(22)15(12)32-7-8(6-31)14-5-11(16(23)35-14)17(34)33-10-1-2-10/h3-7,10H,1-2,31H2,(H,33,34). The molecule has 0 aliphatic heterocycles. The van der Waals surface area contributed by atoms with Gasteiger partial charge in [-0.3, -0.25) is 9.79 Å². The van der Waals surface area contributed by atoms with Gasteiger partial charge in [0.05, 0.1) is 15.6 Å². The highest BCUT2D eigenvalue weighted by atomic mass is 35.5. The Kier molecular flexibility index (Phi) is 7.71. The van der Waals surface area contributed by atoms with Crippen molar-refractivity contribution in [3.63, 3.8) is 0 Å². The summed E-state index contributed by atoms with van der Waals surface area (Å²) in [6.07, 6.45) is -8.81. The monoisotopic (exact) mass is 581 g/mol. The van der Waals surface area contributed by atoms with Gasteiger partial charge in [0.1, 0.15) is 10.0 Å². The molecule has 1 aromatic carbocycles. The molecule has 3 rings (SSSR count). The number of aliphatic imine (C=N–C) groups is 1. The second-order valence-corrected chi connectivity index (χ2v) is 9.84. The van der Waals surface area contributed by atoms with Crippen LogP contribution in [0, 0.1) is 0 Å². The Morgan fingerprint density at radius 2 is 1.57 bits per heavy atom. The molecule has 0 spiro atoms. The fraction of sp³-hybridized carbons (Fsp3) is 0.300. The Morgan fingerprint density at radius 3 is 2.03 bits per heavy atom. The van der Waals surface area contributed by atoms with Crippen molar-refractivity contribution in [1.29, 1.82) is 0 Å². The van der Waals surface area contributed by atoms with Crippen molar-refractivity contribution >= 4 is 69.5 Å². The number of thiophene rings is 1. The van der Waals surface area contributed by atoms with Gasteiger partial charge in [-0.2, -0.15) is 26.3 Å². The number of benzene rings is 1. The van der Waals surface area contributed by atoms with Crippen LogP contribution in [0.3, 0.4) is 0 Å². The molecule has 1 saturated carbocycles. The molecule has 0 atom stereocenters. The van der Waals surface area contributed by atoms with Crippen LogP contribution in [0.15, 0.2) is 29.4 Å². The molecule has 3 N–H and O–H groups in total. The second kappa shape index (κ2) is 9.79. The number of nitrogens with two attached hydrogens (primary N) is 1. The molecule has 1 aliphatic rings. The van der Waals surface area contributed by atoms with Gasteiger partial charge in [-0.25, -0.2) is 4.39 Å². The zero-order chi connectivity index (χ0) is 26.3. The molecule has 0 radical (unpaired) electrons. The molecular formula is C20H13Cl3F7N3OS. The first kappa shape index (κ1) is 27.6. The Bertz CT molecular complexity index is 1170. The number of carbonyl (C=O) groups excluding carboxylic acids is 1. The third-order valence-electron chi connectivity index (χ3n) is 4.84. The number of carbonyl (C=O) groups is 1. The maximum atomic E-state index is 14.3. The number of amides is 1. The van der Waals surface area contributed by atoms with E-state index in [4.69, 9.17) is 40.5 Å². The van der Waals surface area contributed by atoms with E-state index in [0.29, 0.717) is 4.88 Å². The predicted octanol–water partition coefficient (Wildman–Crippen LogP) is 7.59. The van der Waals surface area contributed by atoms with Crippen molar-refractivity contribution in [2.24, 2.45) is 10.7 Å². The molecular weight excluding hydrogens is 570 g/mol. The summed E-state index contributed by atoms with van der Waals surface area (Å²) in [4.78, 5) is 16.5. The number of alkyl halides is 7. The third-order valence-corrected chi connectivity index (χ3v) is 6.82. The number of allylic oxidation sites excluding steroid dienone is 1. The van der Waals surface area contributed by atoms with Crippen molar-refractivity contribution in [1.82, 2.24) is 5.32 Å². The number of nitrogens with zero attached hydrogens (tertiary/aromatic N) is 1. The highest BCUT2D eigenvalue weighted by Gasteiger charge is 2.73. The summed E-state index contributed by atoms with van der Waals surface area (Å²) in [6, 6.07) is 1.81. The van der Waals surface area contributed by atoms with E-state index in [1.807, 2.05) is 0 Å². The van der Waals surface area contributed by atoms with Gasteiger partial charge < -0.3 is 11.1 Å². The van der Waals surface area contributed by atoms with E-state index in [1.54, 1.807) is 0 Å². The first-order valence-corrected chi connectivity index (χ1v) is 11.4. The molecule has 1 aliphatic carbocycles. The molecule has 1 aromatic heterocycles. The normalized spacial score (nSPS) is 15.7. The lowest BCUT2D eigenvalue weighted by atomic mass is 9.94. The van der Waals surface area contributed by atoms with Gasteiger partial charge in [0.2, 0.25) is 0 Å². The molecule has 2 aromatic rings. The maximum absolute atomic E-state index is 14.3. The summed E-state index contributed by atoms with van der Waals surface area (Å²) in [5.74, 6) is -0.390. The molecule has 190 valence electrons. The van der Waals surface area contributed by atoms with Gasteiger partial charge in [0.15, 0.2) is 0 Å². The van der Waals surface area contributed by atoms with E-state index in [2.05, 4.69) is 10.3 Å². The summed E-state index contributed by atoms with van der Waals surface area (Å²) in [7, 11) is 0. The molecule has 0 bridgehead atoms. The Labute approximate surface area is 212 Å². The van der Waals surface area contributed by atoms with Gasteiger partial charge in [-0.1, -0.05) is 34.8 Å². The summed E-state index contributed by atoms with van der Waals surface area (Å²) in [5, 5.41) is 1.22. The SMILES string of the molecule is NC=C(C=Nc1c(Cl)cc(C(F)(C(F)(F)F)C(F)(F)F)cc1Cl)c1cc(C(=O)NC2CC2)c(Cl)s1. The van der Waals surface area contributed by atoms with Crippen LogP contribution < -0.4 is 11.1 Å². The average molecular weight is 583 g/mol. The highest BCUT2D eigenvalue weighted by Crippen LogP contribution is 2.54. The lowest BCUT2D eigenvalue weighted by Crippen LogP contribution is -2.50. The van der Waals surface area contributed by atoms with Gasteiger partial charge in [0.25, 0.3) is 5.91 Å². The minimum atomic E-state index is -6.33. The molecule has 0 saturated heterocycles. The van der Waals surface area contributed by atoms with E-state index in [0.717, 1.165) is 36.6 Å². The Morgan fingerprint density at radius 1 is 1.03 bits per heavy atom. The minimum absolute atomic E-state index is 0.0815. The van der Waals surface area contributed by atoms with Crippen molar-refractivity contribution in [3.05, 3.63) is 54.8 Å². The smallest absolute Gasteiger partial charge is 0.404 e. The van der Waals surface area contributed by atoms with Crippen LogP contribution in [0.4, 0.5) is 36.4 Å². The fourth-order valence-electron chi connectivity index (χ4n) is 2.86. The van der Waals surface area contributed by atoms with Crippen LogP contribution in [0.2, 0.25) is 14.4 Å². The number of nitrogens with one attached hydrogen (secondary N) is 1. The molecule has 4 nitrogen and oxygen atoms in total. The van der Waals surface area contributed by atoms with Gasteiger partial charge >= 0.3 is 18.0 Å². The van der Waals surface area contributed by atoms with E-state index >= 15 is 0 Å². The first-order chi connectivity index (χ1) is 16.1. The van der Waals surface area contributed by atoms with Crippen LogP contribution in [0.5, 0.6) is 0 Å². The Balaban J connectivity index is 1.93. The molecule has 15 heteroatoms.